The summed E-state index contributed by atoms with van der Waals surface area (Å²) in [5.41, 5.74) is -0.668. The highest BCUT2D eigenvalue weighted by atomic mass is 32.1. The van der Waals surface area contributed by atoms with Gasteiger partial charge in [0, 0.05) is 17.0 Å². The Bertz CT molecular complexity index is 651. The third-order valence-corrected chi connectivity index (χ3v) is 3.25. The van der Waals surface area contributed by atoms with Crippen molar-refractivity contribution in [2.24, 2.45) is 0 Å². The molecule has 0 bridgehead atoms. The second-order valence-corrected chi connectivity index (χ2v) is 4.62. The number of hydrogen-bond acceptors (Lipinski definition) is 3. The second-order valence-electron chi connectivity index (χ2n) is 3.71. The Hall–Kier alpha value is -1.77. The highest BCUT2D eigenvalue weighted by molar-refractivity contribution is 7.10. The van der Waals surface area contributed by atoms with Crippen molar-refractivity contribution >= 4 is 11.3 Å². The third kappa shape index (κ3) is 2.72. The van der Waals surface area contributed by atoms with Crippen LogP contribution < -0.4 is 4.74 Å². The highest BCUT2D eigenvalue weighted by Crippen LogP contribution is 2.38. The zero-order valence-electron chi connectivity index (χ0n) is 9.69. The lowest BCUT2D eigenvalue weighted by Crippen LogP contribution is -2.02. The Morgan fingerprint density at radius 1 is 1.15 bits per heavy atom. The van der Waals surface area contributed by atoms with E-state index in [0.717, 1.165) is 12.3 Å². The van der Waals surface area contributed by atoms with Gasteiger partial charge in [0.15, 0.2) is 11.6 Å². The number of pyridine rings is 1. The Kier molecular flexibility index (Phi) is 3.63. The van der Waals surface area contributed by atoms with Crippen LogP contribution >= 0.6 is 11.3 Å². The van der Waals surface area contributed by atoms with Crippen molar-refractivity contribution in [3.05, 3.63) is 39.5 Å². The molecule has 0 aliphatic carbocycles. The molecule has 0 aliphatic heterocycles. The molecule has 0 saturated carbocycles. The van der Waals surface area contributed by atoms with E-state index in [4.69, 9.17) is 4.74 Å². The third-order valence-electron chi connectivity index (χ3n) is 2.30. The van der Waals surface area contributed by atoms with Crippen LogP contribution in [0, 0.1) is 24.5 Å². The van der Waals surface area contributed by atoms with Gasteiger partial charge in [0.2, 0.25) is 0 Å². The van der Waals surface area contributed by atoms with Gasteiger partial charge in [-0.25, -0.2) is 8.78 Å². The van der Waals surface area contributed by atoms with Crippen LogP contribution in [0.3, 0.4) is 0 Å². The van der Waals surface area contributed by atoms with E-state index in [2.05, 4.69) is 4.98 Å². The van der Waals surface area contributed by atoms with Gasteiger partial charge in [-0.15, -0.1) is 11.3 Å². The van der Waals surface area contributed by atoms with Gasteiger partial charge < -0.3 is 4.74 Å². The van der Waals surface area contributed by atoms with Crippen molar-refractivity contribution in [1.29, 1.82) is 0 Å². The molecule has 2 rings (SSSR count). The molecule has 0 saturated heterocycles. The largest absolute Gasteiger partial charge is 0.436 e. The zero-order chi connectivity index (χ0) is 15.1. The van der Waals surface area contributed by atoms with E-state index in [1.165, 1.54) is 0 Å². The van der Waals surface area contributed by atoms with Gasteiger partial charge in [-0.1, -0.05) is 0 Å². The fraction of sp³-hybridized carbons (Fsp3) is 0.182. The summed E-state index contributed by atoms with van der Waals surface area (Å²) in [4.78, 5) is 1.92. The molecule has 0 spiro atoms. The summed E-state index contributed by atoms with van der Waals surface area (Å²) in [5, 5.41) is 0.959. The van der Waals surface area contributed by atoms with Crippen molar-refractivity contribution in [3.63, 3.8) is 0 Å². The molecule has 0 amide bonds. The first-order valence-electron chi connectivity index (χ1n) is 5.05. The SMILES string of the molecule is Cc1c(F)c(F)nc(Oc2csc(C(F)(F)F)c2)c1F. The van der Waals surface area contributed by atoms with E-state index >= 15 is 0 Å². The minimum Gasteiger partial charge on any atom is -0.436 e. The van der Waals surface area contributed by atoms with Gasteiger partial charge in [-0.05, 0) is 6.92 Å². The van der Waals surface area contributed by atoms with Crippen LogP contribution in [0.5, 0.6) is 11.6 Å². The molecule has 0 aliphatic rings. The van der Waals surface area contributed by atoms with Crippen LogP contribution in [0.25, 0.3) is 0 Å². The van der Waals surface area contributed by atoms with Gasteiger partial charge in [-0.3, -0.25) is 0 Å². The van der Waals surface area contributed by atoms with Crippen LogP contribution in [-0.4, -0.2) is 4.98 Å². The summed E-state index contributed by atoms with van der Waals surface area (Å²) in [5.74, 6) is -5.63. The number of alkyl halides is 3. The van der Waals surface area contributed by atoms with E-state index in [9.17, 15) is 26.3 Å². The van der Waals surface area contributed by atoms with E-state index < -0.39 is 40.1 Å². The minimum atomic E-state index is -4.57. The Labute approximate surface area is 112 Å². The number of halogens is 6. The van der Waals surface area contributed by atoms with Crippen LogP contribution in [0.15, 0.2) is 11.4 Å². The molecule has 2 nitrogen and oxygen atoms in total. The van der Waals surface area contributed by atoms with E-state index in [0.29, 0.717) is 17.4 Å². The van der Waals surface area contributed by atoms with Gasteiger partial charge in [-0.2, -0.15) is 22.5 Å². The predicted octanol–water partition coefficient (Wildman–Crippen LogP) is 4.68. The van der Waals surface area contributed by atoms with Crippen molar-refractivity contribution < 1.29 is 31.1 Å². The molecule has 2 heterocycles. The summed E-state index contributed by atoms with van der Waals surface area (Å²) in [6.07, 6.45) is -4.57. The topological polar surface area (TPSA) is 22.1 Å². The standard InChI is InChI=1S/C11H5F6NOS/c1-4-7(12)9(14)18-10(8(4)13)19-5-2-6(20-3-5)11(15,16)17/h2-3H,1H3. The number of rotatable bonds is 2. The Morgan fingerprint density at radius 3 is 2.35 bits per heavy atom. The molecule has 2 aromatic heterocycles. The molecular formula is C11H5F6NOS. The smallest absolute Gasteiger partial charge is 0.425 e. The summed E-state index contributed by atoms with van der Waals surface area (Å²) < 4.78 is 81.3. The minimum absolute atomic E-state index is 0.325. The normalized spacial score (nSPS) is 11.8. The molecule has 0 aromatic carbocycles. The molecule has 9 heteroatoms. The van der Waals surface area contributed by atoms with E-state index in [1.807, 2.05) is 0 Å². The molecule has 108 valence electrons. The number of ether oxygens (including phenoxy) is 1. The zero-order valence-corrected chi connectivity index (χ0v) is 10.5. The van der Waals surface area contributed by atoms with Gasteiger partial charge in [0.1, 0.15) is 10.6 Å². The molecule has 20 heavy (non-hydrogen) atoms. The van der Waals surface area contributed by atoms with Crippen LogP contribution in [0.4, 0.5) is 26.3 Å². The van der Waals surface area contributed by atoms with Gasteiger partial charge in [0.25, 0.3) is 11.8 Å². The van der Waals surface area contributed by atoms with Crippen molar-refractivity contribution in [3.8, 4) is 11.6 Å². The van der Waals surface area contributed by atoms with Crippen molar-refractivity contribution in [2.45, 2.75) is 13.1 Å². The molecule has 0 atom stereocenters. The fourth-order valence-corrected chi connectivity index (χ4v) is 1.98. The lowest BCUT2D eigenvalue weighted by Gasteiger charge is -2.07. The second kappa shape index (κ2) is 4.97. The number of nitrogens with zero attached hydrogens (tertiary/aromatic N) is 1. The molecule has 0 N–H and O–H groups in total. The van der Waals surface area contributed by atoms with E-state index in [1.54, 1.807) is 0 Å². The molecule has 0 unspecified atom stereocenters. The predicted molar refractivity (Wildman–Crippen MR) is 58.2 cm³/mol. The maximum atomic E-state index is 13.6. The molecule has 0 radical (unpaired) electrons. The quantitative estimate of drug-likeness (QED) is 0.593. The van der Waals surface area contributed by atoms with Crippen LogP contribution in [-0.2, 0) is 6.18 Å². The summed E-state index contributed by atoms with van der Waals surface area (Å²) in [7, 11) is 0. The lowest BCUT2D eigenvalue weighted by molar-refractivity contribution is -0.134. The summed E-state index contributed by atoms with van der Waals surface area (Å²) in [6.45, 7) is 0.955. The average molecular weight is 313 g/mol. The summed E-state index contributed by atoms with van der Waals surface area (Å²) in [6, 6.07) is 0.613. The van der Waals surface area contributed by atoms with Gasteiger partial charge in [0.05, 0.1) is 0 Å². The number of thiophene rings is 1. The number of aromatic nitrogens is 1. The first-order chi connectivity index (χ1) is 9.20. The molecular weight excluding hydrogens is 308 g/mol. The lowest BCUT2D eigenvalue weighted by atomic mass is 10.2. The van der Waals surface area contributed by atoms with Crippen LogP contribution in [0.1, 0.15) is 10.4 Å². The van der Waals surface area contributed by atoms with Gasteiger partial charge >= 0.3 is 6.18 Å². The number of hydrogen-bond donors (Lipinski definition) is 0. The summed E-state index contributed by atoms with van der Waals surface area (Å²) >= 11 is 0.325. The molecule has 0 fully saturated rings. The maximum absolute atomic E-state index is 13.6. The maximum Gasteiger partial charge on any atom is 0.425 e. The van der Waals surface area contributed by atoms with Crippen LogP contribution in [0.2, 0.25) is 0 Å². The average Bonchev–Trinajstić information content (AvgIpc) is 2.82. The first kappa shape index (κ1) is 14.6. The molecule has 2 aromatic rings. The fourth-order valence-electron chi connectivity index (χ4n) is 1.30. The first-order valence-corrected chi connectivity index (χ1v) is 5.92. The van der Waals surface area contributed by atoms with Crippen molar-refractivity contribution in [2.75, 3.05) is 0 Å². The van der Waals surface area contributed by atoms with Crippen molar-refractivity contribution in [1.82, 2.24) is 4.98 Å². The van der Waals surface area contributed by atoms with E-state index in [-0.39, 0.29) is 5.75 Å². The highest BCUT2D eigenvalue weighted by Gasteiger charge is 2.33. The monoisotopic (exact) mass is 313 g/mol. The Morgan fingerprint density at radius 2 is 1.80 bits per heavy atom. The Balaban J connectivity index is 2.34.